The van der Waals surface area contributed by atoms with Crippen LogP contribution in [0.4, 0.5) is 5.69 Å². The number of aliphatic hydroxyl groups excluding tert-OH is 6. The molecule has 1 aromatic heterocycles. The average Bonchev–Trinajstić information content (AvgIpc) is 1.66. The molecule has 0 bridgehead atoms. The van der Waals surface area contributed by atoms with E-state index in [1.807, 2.05) is 24.3 Å². The predicted molar refractivity (Wildman–Crippen MR) is 350 cm³/mol. The van der Waals surface area contributed by atoms with Crippen molar-refractivity contribution in [3.8, 4) is 32.6 Å². The van der Waals surface area contributed by atoms with E-state index in [1.165, 1.54) is 74.9 Å². The first-order chi connectivity index (χ1) is 42.6. The second-order valence-electron chi connectivity index (χ2n) is 24.6. The van der Waals surface area contributed by atoms with Crippen molar-refractivity contribution < 1.29 is 69.2 Å². The molecule has 5 aliphatic rings. The molecule has 4 aliphatic heterocycles. The van der Waals surface area contributed by atoms with Crippen LogP contribution in [0.3, 0.4) is 0 Å². The number of aliphatic hydroxyl groups is 6. The Bertz CT molecular complexity index is 3110. The number of halogens is 3. The first-order valence-electron chi connectivity index (χ1n) is 30.8. The zero-order valence-corrected chi connectivity index (χ0v) is 55.2. The highest BCUT2D eigenvalue weighted by atomic mass is 35.5. The largest absolute Gasteiger partial charge is 0.504 e. The van der Waals surface area contributed by atoms with Gasteiger partial charge < -0.3 is 87.5 Å². The highest BCUT2D eigenvalue weighted by Crippen LogP contribution is 2.34. The quantitative estimate of drug-likeness (QED) is 0.0756. The number of phenolic OH excluding ortho intramolecular Hbond substituents is 1. The lowest BCUT2D eigenvalue weighted by atomic mass is 9.86. The van der Waals surface area contributed by atoms with Crippen LogP contribution in [0.15, 0.2) is 66.7 Å². The van der Waals surface area contributed by atoms with E-state index in [4.69, 9.17) is 10.5 Å². The second-order valence-corrected chi connectivity index (χ2v) is 25.6. The van der Waals surface area contributed by atoms with Gasteiger partial charge in [-0.05, 0) is 105 Å². The number of nitrogens with two attached hydrogens (primary N) is 1. The number of aromatic hydroxyl groups is 1. The molecule has 5 heterocycles. The Balaban J connectivity index is 0.00000448. The van der Waals surface area contributed by atoms with Gasteiger partial charge in [0.2, 0.25) is 35.4 Å². The van der Waals surface area contributed by atoms with E-state index >= 15 is 0 Å². The lowest BCUT2D eigenvalue weighted by Crippen LogP contribution is -2.64. The number of hydrogen-bond donors (Lipinski definition) is 13. The first-order valence-corrected chi connectivity index (χ1v) is 31.6. The molecule has 26 nitrogen and oxygen atoms in total. The molecule has 0 unspecified atom stereocenters. The number of hydrogen-bond acceptors (Lipinski definition) is 21. The fraction of sp³-hybridized carbons (Fsp3) is 0.581. The van der Waals surface area contributed by atoms with Gasteiger partial charge in [-0.2, -0.15) is 0 Å². The Labute approximate surface area is 557 Å². The second kappa shape index (κ2) is 33.9. The number of nitrogens with one attached hydrogen (secondary N) is 5. The molecule has 508 valence electrons. The molecular formula is C62H89Cl3N12O14S. The number of β-amino-alcohol motifs (C(OH)–C–C–N with tert-alkyl or cyclic N) is 1. The number of piperazine rings is 1. The highest BCUT2D eigenvalue weighted by Gasteiger charge is 2.50. The summed E-state index contributed by atoms with van der Waals surface area (Å²) in [7, 11) is 1.29. The van der Waals surface area contributed by atoms with E-state index in [-0.39, 0.29) is 74.8 Å². The zero-order valence-electron chi connectivity index (χ0n) is 51.9. The minimum Gasteiger partial charge on any atom is -0.504 e. The summed E-state index contributed by atoms with van der Waals surface area (Å²) in [6.07, 6.45) is -5.76. The number of anilines is 1. The number of carbonyl (C=O) groups excluding carboxylic acids is 6. The minimum absolute atomic E-state index is 0. The minimum atomic E-state index is -1.98. The molecule has 1 saturated carbocycles. The molecule has 0 spiro atoms. The smallest absolute Gasteiger partial charge is 0.248 e. The van der Waals surface area contributed by atoms with E-state index in [0.717, 1.165) is 58.0 Å². The van der Waals surface area contributed by atoms with Crippen LogP contribution in [0.2, 0.25) is 0 Å². The predicted octanol–water partition coefficient (Wildman–Crippen LogP) is 0.210. The van der Waals surface area contributed by atoms with Crippen molar-refractivity contribution in [3.63, 3.8) is 0 Å². The average molecular weight is 1360 g/mol. The summed E-state index contributed by atoms with van der Waals surface area (Å²) in [5.74, 6) is -6.28. The van der Waals surface area contributed by atoms with E-state index in [9.17, 15) is 64.5 Å². The highest BCUT2D eigenvalue weighted by molar-refractivity contribution is 7.17. The van der Waals surface area contributed by atoms with Crippen LogP contribution in [-0.2, 0) is 41.7 Å². The summed E-state index contributed by atoms with van der Waals surface area (Å²) in [6, 6.07) is 10.4. The van der Waals surface area contributed by atoms with Gasteiger partial charge in [0.05, 0.1) is 49.8 Å². The third-order valence-corrected chi connectivity index (χ3v) is 19.1. The summed E-state index contributed by atoms with van der Waals surface area (Å²) in [4.78, 5) is 94.1. The fourth-order valence-electron chi connectivity index (χ4n) is 12.7. The number of fused-ring (bicyclic) bond motifs is 2. The van der Waals surface area contributed by atoms with Crippen molar-refractivity contribution in [2.45, 2.75) is 158 Å². The van der Waals surface area contributed by atoms with Crippen molar-refractivity contribution in [2.75, 3.05) is 64.4 Å². The molecule has 0 radical (unpaired) electrons. The normalized spacial score (nSPS) is 28.3. The molecular weight excluding hydrogens is 1280 g/mol. The summed E-state index contributed by atoms with van der Waals surface area (Å²) in [5.41, 5.74) is 9.70. The Morgan fingerprint density at radius 3 is 1.91 bits per heavy atom. The molecule has 9 rings (SSSR count). The third kappa shape index (κ3) is 18.0. The number of benzene rings is 3. The van der Waals surface area contributed by atoms with Gasteiger partial charge >= 0.3 is 0 Å². The molecule has 30 heteroatoms. The Morgan fingerprint density at radius 1 is 0.696 bits per heavy atom. The maximum atomic E-state index is 14.7. The molecule has 92 heavy (non-hydrogen) atoms. The number of ether oxygens (including phenoxy) is 1. The molecule has 5 fully saturated rings. The Kier molecular flexibility index (Phi) is 27.6. The zero-order chi connectivity index (χ0) is 63.8. The van der Waals surface area contributed by atoms with E-state index in [1.54, 1.807) is 6.92 Å². The maximum absolute atomic E-state index is 14.7. The van der Waals surface area contributed by atoms with Crippen molar-refractivity contribution in [1.82, 2.24) is 51.5 Å². The number of amides is 6. The van der Waals surface area contributed by atoms with Gasteiger partial charge in [0.25, 0.3) is 0 Å². The van der Waals surface area contributed by atoms with Crippen LogP contribution in [0.25, 0.3) is 21.1 Å². The topological polar surface area (TPSA) is 378 Å². The summed E-state index contributed by atoms with van der Waals surface area (Å²) in [6.45, 7) is 7.85. The molecule has 3 aromatic carbocycles. The van der Waals surface area contributed by atoms with Crippen LogP contribution in [0, 0.1) is 11.8 Å². The van der Waals surface area contributed by atoms with E-state index in [0.29, 0.717) is 22.2 Å². The molecule has 14 N–H and O–H groups in total. The van der Waals surface area contributed by atoms with E-state index in [2.05, 4.69) is 77.8 Å². The Morgan fingerprint density at radius 2 is 1.29 bits per heavy atom. The number of carbonyl (C=O) groups is 6. The number of phenols is 1. The number of methoxy groups -OCH3 is 1. The van der Waals surface area contributed by atoms with Crippen LogP contribution < -0.4 is 42.0 Å². The lowest BCUT2D eigenvalue weighted by Gasteiger charge is -2.42. The third-order valence-electron chi connectivity index (χ3n) is 18.1. The van der Waals surface area contributed by atoms with Crippen molar-refractivity contribution >= 4 is 89.7 Å². The number of aromatic nitrogens is 2. The molecule has 6 amide bonds. The Hall–Kier alpha value is -6.05. The summed E-state index contributed by atoms with van der Waals surface area (Å²) in [5, 5.41) is 102. The van der Waals surface area contributed by atoms with Crippen molar-refractivity contribution in [2.24, 2.45) is 17.6 Å². The first kappa shape index (κ1) is 75.0. The van der Waals surface area contributed by atoms with Crippen LogP contribution in [0.5, 0.6) is 11.5 Å². The number of rotatable bonds is 15. The van der Waals surface area contributed by atoms with Crippen LogP contribution >= 0.6 is 48.6 Å². The van der Waals surface area contributed by atoms with Gasteiger partial charge in [-0.25, -0.2) is 0 Å². The van der Waals surface area contributed by atoms with Crippen molar-refractivity contribution in [3.05, 3.63) is 77.9 Å². The van der Waals surface area contributed by atoms with Gasteiger partial charge in [-0.15, -0.1) is 47.4 Å². The van der Waals surface area contributed by atoms with Gasteiger partial charge in [-0.3, -0.25) is 33.7 Å². The van der Waals surface area contributed by atoms with E-state index < -0.39 is 147 Å². The standard InChI is InChI=1S/C62H86N12O14S.3ClH/c1-33-5-14-40(15-6-33)71-21-23-72(24-22-71)41-16-12-39(13-17-41)60-70-69-59(89-60)38-10-7-36(8-11-38)29-64-44-27-42(76)30-65-58(85)53-54(81)34(2)31-74(53)62(87)52(47(79)19-20-63)68-57(84)51(48(80)25-37-9-18-46(78)49(26-37)88-4)67-56(83)45-28-43(77)32-73(45)61(86)50(35(3)75)66-55(44)82;;;/h7-13,16-18,26,33-35,40,42-45,47-48,50-54,64,75-81H,5-6,14-15,19-25,27-32,63H2,1-4H3,(H,65,85)(H,66,82)(H,67,83)(H,68,84);3*1H/t33?,34-,35+,40?,42+,43+,44-,45-,47+,48+,50-,51-,52-,53-,54-;;;/m0.../s1. The molecule has 13 atom stereocenters. The summed E-state index contributed by atoms with van der Waals surface area (Å²) < 4.78 is 5.21. The summed E-state index contributed by atoms with van der Waals surface area (Å²) >= 11 is 1.44. The van der Waals surface area contributed by atoms with Gasteiger partial charge in [0.15, 0.2) is 11.5 Å². The van der Waals surface area contributed by atoms with Gasteiger partial charge in [-0.1, -0.05) is 55.5 Å². The van der Waals surface area contributed by atoms with Crippen LogP contribution in [-0.4, -0.2) is 234 Å². The van der Waals surface area contributed by atoms with Gasteiger partial charge in [0, 0.05) is 94.0 Å². The monoisotopic (exact) mass is 1360 g/mol. The molecule has 4 saturated heterocycles. The molecule has 1 aliphatic carbocycles. The number of nitrogens with zero attached hydrogens (tertiary/aromatic N) is 6. The van der Waals surface area contributed by atoms with Crippen molar-refractivity contribution in [1.29, 1.82) is 0 Å². The van der Waals surface area contributed by atoms with Crippen LogP contribution in [0.1, 0.15) is 76.8 Å². The van der Waals surface area contributed by atoms with Gasteiger partial charge in [0.1, 0.15) is 40.2 Å². The fourth-order valence-corrected chi connectivity index (χ4v) is 13.6. The lowest BCUT2D eigenvalue weighted by molar-refractivity contribution is -0.147. The molecule has 4 aromatic rings. The SMILES string of the molecule is COc1cc(C[C@@H](O)[C@@H]2NC(=O)[C@@H]3C[C@@H](O)CN3C(=O)[C@H]([C@@H](C)O)NC(=O)[C@@H](NCc3ccc(-c4nnc(-c5ccc(N6CCN(C7CCC(C)CC7)CC6)cc5)s4)cc3)C[C@@H](O)CNC(=O)[C@@H]3[C@@H](O)[C@@H](C)CN3C(=O)[C@H]([C@H](O)CCN)NC2=O)ccc1O.Cl.Cl.Cl. The maximum Gasteiger partial charge on any atom is 0.248 e.